The smallest absolute Gasteiger partial charge is 0.0781 e. The van der Waals surface area contributed by atoms with Crippen molar-refractivity contribution in [2.75, 3.05) is 6.61 Å². The van der Waals surface area contributed by atoms with Crippen LogP contribution in [0.25, 0.3) is 6.08 Å². The molecule has 1 aromatic rings. The highest BCUT2D eigenvalue weighted by Gasteiger charge is 2.13. The third kappa shape index (κ3) is 5.45. The van der Waals surface area contributed by atoms with Gasteiger partial charge in [0.05, 0.1) is 12.7 Å². The van der Waals surface area contributed by atoms with E-state index in [1.54, 1.807) is 0 Å². The lowest BCUT2D eigenvalue weighted by atomic mass is 10.2. The van der Waals surface area contributed by atoms with E-state index in [-0.39, 0.29) is 0 Å². The molecule has 1 fully saturated rings. The van der Waals surface area contributed by atoms with Gasteiger partial charge in [0, 0.05) is 5.54 Å². The monoisotopic (exact) mass is 196 g/mol. The summed E-state index contributed by atoms with van der Waals surface area (Å²) in [5.74, 6) is 0. The van der Waals surface area contributed by atoms with Gasteiger partial charge in [-0.15, -0.1) is 0 Å². The Bertz CT molecular complexity index is 252. The van der Waals surface area contributed by atoms with Crippen molar-refractivity contribution >= 4 is 17.7 Å². The number of hydrogen-bond donors (Lipinski definition) is 0. The molecule has 1 aliphatic rings. The van der Waals surface area contributed by atoms with Gasteiger partial charge in [0.15, 0.2) is 0 Å². The molecular weight excluding hydrogens is 184 g/mol. The van der Waals surface area contributed by atoms with Gasteiger partial charge in [-0.3, -0.25) is 0 Å². The van der Waals surface area contributed by atoms with Crippen LogP contribution in [0.5, 0.6) is 0 Å². The van der Waals surface area contributed by atoms with Gasteiger partial charge in [0.2, 0.25) is 0 Å². The molecule has 0 aliphatic carbocycles. The lowest BCUT2D eigenvalue weighted by molar-refractivity contribution is 0.423. The second kappa shape index (κ2) is 5.79. The first-order valence-corrected chi connectivity index (χ1v) is 4.70. The first-order valence-electron chi connectivity index (χ1n) is 4.26. The minimum atomic E-state index is 0.583. The Balaban J connectivity index is 0.000000175. The Morgan fingerprint density at radius 3 is 2.31 bits per heavy atom. The molecule has 1 heterocycles. The topological polar surface area (TPSA) is 12.5 Å². The summed E-state index contributed by atoms with van der Waals surface area (Å²) in [6.07, 6.45) is 2.43. The molecule has 2 heteroatoms. The quantitative estimate of drug-likeness (QED) is 0.628. The van der Waals surface area contributed by atoms with E-state index in [9.17, 15) is 0 Å². The first-order chi connectivity index (χ1) is 6.33. The molecule has 0 bridgehead atoms. The van der Waals surface area contributed by atoms with Gasteiger partial charge in [-0.25, -0.2) is 0 Å². The van der Waals surface area contributed by atoms with Crippen molar-refractivity contribution in [2.45, 2.75) is 13.0 Å². The van der Waals surface area contributed by atoms with Crippen LogP contribution in [0.3, 0.4) is 0 Å². The standard InChI is InChI=1S/C8H7Cl.C3H6O/c9-7-6-8-4-2-1-3-5-8;1-3-2-4-3/h1-7H;3H,2H2,1H3. The Morgan fingerprint density at radius 1 is 1.38 bits per heavy atom. The van der Waals surface area contributed by atoms with Crippen LogP contribution >= 0.6 is 11.6 Å². The lowest BCUT2D eigenvalue weighted by Crippen LogP contribution is -1.64. The van der Waals surface area contributed by atoms with Crippen LogP contribution in [0.1, 0.15) is 12.5 Å². The summed E-state index contributed by atoms with van der Waals surface area (Å²) in [5, 5.41) is 0. The maximum absolute atomic E-state index is 5.36. The molecule has 0 radical (unpaired) electrons. The highest BCUT2D eigenvalue weighted by molar-refractivity contribution is 6.27. The van der Waals surface area contributed by atoms with Crippen molar-refractivity contribution in [3.8, 4) is 0 Å². The molecule has 1 aromatic carbocycles. The van der Waals surface area contributed by atoms with Crippen molar-refractivity contribution < 1.29 is 4.74 Å². The van der Waals surface area contributed by atoms with Gasteiger partial charge in [0.1, 0.15) is 0 Å². The molecule has 0 spiro atoms. The maximum Gasteiger partial charge on any atom is 0.0781 e. The summed E-state index contributed by atoms with van der Waals surface area (Å²) in [6.45, 7) is 3.04. The van der Waals surface area contributed by atoms with Crippen molar-refractivity contribution in [3.05, 3.63) is 41.4 Å². The van der Waals surface area contributed by atoms with E-state index in [4.69, 9.17) is 16.3 Å². The fraction of sp³-hybridized carbons (Fsp3) is 0.273. The van der Waals surface area contributed by atoms with E-state index in [0.29, 0.717) is 6.10 Å². The van der Waals surface area contributed by atoms with Crippen molar-refractivity contribution in [1.82, 2.24) is 0 Å². The van der Waals surface area contributed by atoms with Gasteiger partial charge in [-0.05, 0) is 18.6 Å². The van der Waals surface area contributed by atoms with Gasteiger partial charge in [0.25, 0.3) is 0 Å². The van der Waals surface area contributed by atoms with E-state index < -0.39 is 0 Å². The molecule has 2 rings (SSSR count). The summed E-state index contributed by atoms with van der Waals surface area (Å²) in [4.78, 5) is 0. The summed E-state index contributed by atoms with van der Waals surface area (Å²) in [7, 11) is 0. The molecule has 0 aromatic heterocycles. The largest absolute Gasteiger partial charge is 0.373 e. The average Bonchev–Trinajstić information content (AvgIpc) is 2.91. The molecule has 0 amide bonds. The summed E-state index contributed by atoms with van der Waals surface area (Å²) >= 11 is 5.36. The van der Waals surface area contributed by atoms with E-state index >= 15 is 0 Å². The molecule has 1 nitrogen and oxygen atoms in total. The number of halogens is 1. The zero-order valence-electron chi connectivity index (χ0n) is 7.61. The van der Waals surface area contributed by atoms with E-state index in [0.717, 1.165) is 12.2 Å². The molecule has 0 N–H and O–H groups in total. The Morgan fingerprint density at radius 2 is 1.92 bits per heavy atom. The zero-order valence-corrected chi connectivity index (χ0v) is 8.37. The number of rotatable bonds is 1. The number of ether oxygens (including phenoxy) is 1. The molecule has 0 saturated carbocycles. The van der Waals surface area contributed by atoms with Gasteiger partial charge in [-0.1, -0.05) is 41.9 Å². The maximum atomic E-state index is 5.36. The minimum Gasteiger partial charge on any atom is -0.373 e. The second-order valence-electron chi connectivity index (χ2n) is 2.85. The van der Waals surface area contributed by atoms with Crippen molar-refractivity contribution in [3.63, 3.8) is 0 Å². The first kappa shape index (κ1) is 10.3. The fourth-order valence-corrected chi connectivity index (χ4v) is 0.879. The Kier molecular flexibility index (Phi) is 4.58. The normalized spacial score (nSPS) is 19.4. The Labute approximate surface area is 84.0 Å². The molecule has 1 unspecified atom stereocenters. The third-order valence-electron chi connectivity index (χ3n) is 1.56. The van der Waals surface area contributed by atoms with Crippen LogP contribution in [0.2, 0.25) is 0 Å². The van der Waals surface area contributed by atoms with Crippen LogP contribution in [-0.4, -0.2) is 12.7 Å². The van der Waals surface area contributed by atoms with Gasteiger partial charge in [-0.2, -0.15) is 0 Å². The molecule has 1 aliphatic heterocycles. The van der Waals surface area contributed by atoms with Crippen LogP contribution < -0.4 is 0 Å². The van der Waals surface area contributed by atoms with Crippen LogP contribution in [0, 0.1) is 0 Å². The highest BCUT2D eigenvalue weighted by atomic mass is 35.5. The number of benzene rings is 1. The summed E-state index contributed by atoms with van der Waals surface area (Å²) in [6, 6.07) is 9.93. The minimum absolute atomic E-state index is 0.583. The average molecular weight is 197 g/mol. The zero-order chi connectivity index (χ0) is 9.52. The van der Waals surface area contributed by atoms with E-state index in [2.05, 4.69) is 6.92 Å². The molecular formula is C11H13ClO. The fourth-order valence-electron chi connectivity index (χ4n) is 0.733. The van der Waals surface area contributed by atoms with E-state index in [1.807, 2.05) is 36.4 Å². The van der Waals surface area contributed by atoms with Crippen LogP contribution in [-0.2, 0) is 4.74 Å². The highest BCUT2D eigenvalue weighted by Crippen LogP contribution is 2.04. The predicted molar refractivity (Wildman–Crippen MR) is 56.7 cm³/mol. The van der Waals surface area contributed by atoms with Crippen molar-refractivity contribution in [1.29, 1.82) is 0 Å². The number of hydrogen-bond acceptors (Lipinski definition) is 1. The van der Waals surface area contributed by atoms with Crippen LogP contribution in [0.15, 0.2) is 35.9 Å². The van der Waals surface area contributed by atoms with Crippen LogP contribution in [0.4, 0.5) is 0 Å². The van der Waals surface area contributed by atoms with Crippen molar-refractivity contribution in [2.24, 2.45) is 0 Å². The Hall–Kier alpha value is -0.790. The molecule has 13 heavy (non-hydrogen) atoms. The van der Waals surface area contributed by atoms with Gasteiger partial charge < -0.3 is 4.74 Å². The third-order valence-corrected chi connectivity index (χ3v) is 1.68. The van der Waals surface area contributed by atoms with Gasteiger partial charge >= 0.3 is 0 Å². The second-order valence-corrected chi connectivity index (χ2v) is 3.10. The summed E-state index contributed by atoms with van der Waals surface area (Å²) < 4.78 is 4.71. The molecule has 70 valence electrons. The van der Waals surface area contributed by atoms with E-state index in [1.165, 1.54) is 5.54 Å². The SMILES string of the molecule is CC1CO1.ClC=Cc1ccccc1. The molecule has 1 atom stereocenters. The summed E-state index contributed by atoms with van der Waals surface area (Å²) in [5.41, 5.74) is 2.64. The predicted octanol–water partition coefficient (Wildman–Crippen LogP) is 3.30. The lowest BCUT2D eigenvalue weighted by Gasteiger charge is -1.86. The molecule has 1 saturated heterocycles. The number of epoxide rings is 1.